The fraction of sp³-hybridized carbons (Fsp3) is 0.143. The average Bonchev–Trinajstić information content (AvgIpc) is 2.82. The van der Waals surface area contributed by atoms with Gasteiger partial charge in [0.05, 0.1) is 11.4 Å². The minimum atomic E-state index is 0.307. The van der Waals surface area contributed by atoms with Crippen LogP contribution in [0, 0.1) is 0 Å². The van der Waals surface area contributed by atoms with E-state index in [4.69, 9.17) is 0 Å². The predicted molar refractivity (Wildman–Crippen MR) is 128 cm³/mol. The molecule has 0 aromatic heterocycles. The Hall–Kier alpha value is -2.97. The van der Waals surface area contributed by atoms with Crippen LogP contribution >= 0.6 is 11.8 Å². The first kappa shape index (κ1) is 19.0. The van der Waals surface area contributed by atoms with Crippen LogP contribution in [0.15, 0.2) is 107 Å². The van der Waals surface area contributed by atoms with Gasteiger partial charge in [0, 0.05) is 21.6 Å². The Balaban J connectivity index is 1.68. The number of anilines is 2. The van der Waals surface area contributed by atoms with Gasteiger partial charge in [-0.25, -0.2) is 0 Å². The van der Waals surface area contributed by atoms with Crippen LogP contribution in [-0.2, 0) is 0 Å². The van der Waals surface area contributed by atoms with E-state index >= 15 is 0 Å². The lowest BCUT2D eigenvalue weighted by atomic mass is 9.82. The first-order valence-corrected chi connectivity index (χ1v) is 11.3. The molecule has 4 aromatic carbocycles. The highest BCUT2D eigenvalue weighted by molar-refractivity contribution is 7.99. The summed E-state index contributed by atoms with van der Waals surface area (Å²) in [5.74, 6) is 0.636. The minimum Gasteiger partial charge on any atom is -0.354 e. The molecule has 0 saturated carbocycles. The van der Waals surface area contributed by atoms with E-state index in [2.05, 4.69) is 116 Å². The summed E-state index contributed by atoms with van der Waals surface area (Å²) in [5.41, 5.74) is 7.95. The van der Waals surface area contributed by atoms with Gasteiger partial charge < -0.3 is 5.32 Å². The third-order valence-corrected chi connectivity index (χ3v) is 7.32. The maximum Gasteiger partial charge on any atom is 0.0529 e. The number of benzene rings is 4. The lowest BCUT2D eigenvalue weighted by Gasteiger charge is -2.29. The number of fused-ring (bicyclic) bond motifs is 2. The molecular weight excluding hydrogens is 382 g/mol. The van der Waals surface area contributed by atoms with E-state index in [-0.39, 0.29) is 0 Å². The molecule has 5 rings (SSSR count). The summed E-state index contributed by atoms with van der Waals surface area (Å²) in [5, 5.41) is 3.67. The second-order valence-electron chi connectivity index (χ2n) is 7.93. The number of rotatable bonds is 4. The molecule has 30 heavy (non-hydrogen) atoms. The maximum atomic E-state index is 3.67. The van der Waals surface area contributed by atoms with E-state index in [1.54, 1.807) is 0 Å². The molecule has 1 nitrogen and oxygen atoms in total. The van der Waals surface area contributed by atoms with E-state index in [9.17, 15) is 0 Å². The Morgan fingerprint density at radius 3 is 1.90 bits per heavy atom. The molecule has 2 heteroatoms. The van der Waals surface area contributed by atoms with Crippen molar-refractivity contribution in [2.75, 3.05) is 5.32 Å². The second-order valence-corrected chi connectivity index (χ2v) is 8.99. The summed E-state index contributed by atoms with van der Waals surface area (Å²) in [4.78, 5) is 2.64. The van der Waals surface area contributed by atoms with Crippen molar-refractivity contribution in [3.63, 3.8) is 0 Å². The topological polar surface area (TPSA) is 12.0 Å². The van der Waals surface area contributed by atoms with Gasteiger partial charge in [-0.1, -0.05) is 104 Å². The average molecular weight is 408 g/mol. The molecule has 1 N–H and O–H groups in total. The van der Waals surface area contributed by atoms with Crippen molar-refractivity contribution in [2.45, 2.75) is 35.5 Å². The van der Waals surface area contributed by atoms with Crippen molar-refractivity contribution in [3.8, 4) is 0 Å². The summed E-state index contributed by atoms with van der Waals surface area (Å²) < 4.78 is 0. The number of hydrogen-bond donors (Lipinski definition) is 1. The van der Waals surface area contributed by atoms with Crippen molar-refractivity contribution in [3.05, 3.63) is 119 Å². The second kappa shape index (κ2) is 8.04. The van der Waals surface area contributed by atoms with Gasteiger partial charge in [0.1, 0.15) is 0 Å². The molecule has 0 radical (unpaired) electrons. The van der Waals surface area contributed by atoms with Gasteiger partial charge in [0.25, 0.3) is 0 Å². The predicted octanol–water partition coefficient (Wildman–Crippen LogP) is 8.20. The third kappa shape index (κ3) is 3.42. The summed E-state index contributed by atoms with van der Waals surface area (Å²) in [6, 6.07) is 34.9. The Morgan fingerprint density at radius 1 is 0.600 bits per heavy atom. The molecule has 0 bridgehead atoms. The lowest BCUT2D eigenvalue weighted by Crippen LogP contribution is -2.11. The molecule has 1 heterocycles. The van der Waals surface area contributed by atoms with E-state index < -0.39 is 0 Å². The molecule has 2 unspecified atom stereocenters. The zero-order valence-electron chi connectivity index (χ0n) is 17.3. The van der Waals surface area contributed by atoms with Gasteiger partial charge in [-0.15, -0.1) is 0 Å². The van der Waals surface area contributed by atoms with Crippen molar-refractivity contribution < 1.29 is 0 Å². The van der Waals surface area contributed by atoms with Gasteiger partial charge in [0.2, 0.25) is 0 Å². The number of nitrogens with one attached hydrogen (secondary N) is 1. The molecule has 0 saturated heterocycles. The third-order valence-electron chi connectivity index (χ3n) is 6.10. The highest BCUT2D eigenvalue weighted by Gasteiger charge is 2.26. The Bertz CT molecular complexity index is 1170. The summed E-state index contributed by atoms with van der Waals surface area (Å²) in [6.45, 7) is 4.67. The molecule has 148 valence electrons. The highest BCUT2D eigenvalue weighted by atomic mass is 32.2. The standard InChI is InChI=1S/C28H25NS/c1-19(21-11-5-3-6-12-21)23-17-18-25-28(30-26-16-10-9-15-24(26)29-25)27(23)20(2)22-13-7-4-8-14-22/h3-20,29H,1-2H3. The highest BCUT2D eigenvalue weighted by Crippen LogP contribution is 2.50. The van der Waals surface area contributed by atoms with Gasteiger partial charge in [-0.05, 0) is 40.5 Å². The smallest absolute Gasteiger partial charge is 0.0529 e. The molecular formula is C28H25NS. The zero-order chi connectivity index (χ0) is 20.5. The minimum absolute atomic E-state index is 0.307. The van der Waals surface area contributed by atoms with Crippen LogP contribution in [-0.4, -0.2) is 0 Å². The Kier molecular flexibility index (Phi) is 5.10. The summed E-state index contributed by atoms with van der Waals surface area (Å²) >= 11 is 1.90. The van der Waals surface area contributed by atoms with E-state index in [1.165, 1.54) is 43.4 Å². The number of hydrogen-bond acceptors (Lipinski definition) is 2. The molecule has 4 aromatic rings. The van der Waals surface area contributed by atoms with Crippen LogP contribution in [0.1, 0.15) is 47.9 Å². The van der Waals surface area contributed by atoms with Crippen molar-refractivity contribution in [2.24, 2.45) is 0 Å². The van der Waals surface area contributed by atoms with E-state index in [0.29, 0.717) is 11.8 Å². The van der Waals surface area contributed by atoms with Gasteiger partial charge in [-0.3, -0.25) is 0 Å². The van der Waals surface area contributed by atoms with Crippen LogP contribution in [0.3, 0.4) is 0 Å². The first-order valence-electron chi connectivity index (χ1n) is 10.5. The van der Waals surface area contributed by atoms with Crippen LogP contribution in [0.5, 0.6) is 0 Å². The molecule has 0 fully saturated rings. The fourth-order valence-corrected chi connectivity index (χ4v) is 5.62. The zero-order valence-corrected chi connectivity index (χ0v) is 18.1. The summed E-state index contributed by atoms with van der Waals surface area (Å²) in [7, 11) is 0. The van der Waals surface area contributed by atoms with Crippen molar-refractivity contribution in [1.29, 1.82) is 0 Å². The quantitative estimate of drug-likeness (QED) is 0.322. The van der Waals surface area contributed by atoms with Crippen molar-refractivity contribution in [1.82, 2.24) is 0 Å². The molecule has 2 atom stereocenters. The monoisotopic (exact) mass is 407 g/mol. The fourth-order valence-electron chi connectivity index (χ4n) is 4.39. The van der Waals surface area contributed by atoms with Crippen LogP contribution in [0.2, 0.25) is 0 Å². The molecule has 0 aliphatic carbocycles. The normalized spacial score (nSPS) is 14.2. The lowest BCUT2D eigenvalue weighted by molar-refractivity contribution is 0.822. The van der Waals surface area contributed by atoms with Gasteiger partial charge in [0.15, 0.2) is 0 Å². The molecule has 1 aliphatic heterocycles. The Morgan fingerprint density at radius 2 is 1.20 bits per heavy atom. The van der Waals surface area contributed by atoms with Gasteiger partial charge >= 0.3 is 0 Å². The molecule has 1 aliphatic rings. The molecule has 0 amide bonds. The Labute approximate surface area is 183 Å². The molecule has 0 spiro atoms. The van der Waals surface area contributed by atoms with Gasteiger partial charge in [-0.2, -0.15) is 0 Å². The summed E-state index contributed by atoms with van der Waals surface area (Å²) in [6.07, 6.45) is 0. The van der Waals surface area contributed by atoms with Crippen LogP contribution < -0.4 is 5.32 Å². The van der Waals surface area contributed by atoms with E-state index in [0.717, 1.165) is 0 Å². The SMILES string of the molecule is CC(c1ccccc1)c1ccc2c(c1C(C)c1ccccc1)Sc1ccccc1N2. The van der Waals surface area contributed by atoms with E-state index in [1.807, 2.05) is 11.8 Å². The number of para-hydroxylation sites is 1. The maximum absolute atomic E-state index is 3.67. The first-order chi connectivity index (χ1) is 14.7. The van der Waals surface area contributed by atoms with Crippen LogP contribution in [0.4, 0.5) is 11.4 Å². The largest absolute Gasteiger partial charge is 0.354 e. The van der Waals surface area contributed by atoms with Crippen molar-refractivity contribution >= 4 is 23.1 Å². The van der Waals surface area contributed by atoms with Crippen LogP contribution in [0.25, 0.3) is 0 Å².